The lowest BCUT2D eigenvalue weighted by molar-refractivity contribution is 0.0824. The lowest BCUT2D eigenvalue weighted by Crippen LogP contribution is -2.44. The molecule has 0 spiro atoms. The third-order valence-corrected chi connectivity index (χ3v) is 3.60. The molecule has 0 aromatic rings. The summed E-state index contributed by atoms with van der Waals surface area (Å²) in [7, 11) is 1.71. The Hall–Kier alpha value is -0.850. The molecule has 0 aromatic heterocycles. The van der Waals surface area contributed by atoms with Crippen LogP contribution in [0.2, 0.25) is 0 Å². The number of likely N-dealkylation sites (tertiary alicyclic amines) is 1. The van der Waals surface area contributed by atoms with Gasteiger partial charge in [-0.15, -0.1) is 0 Å². The first-order valence-corrected chi connectivity index (χ1v) is 8.10. The molecule has 0 aromatic carbocycles. The molecule has 1 aliphatic rings. The molecular weight excluding hydrogens is 268 g/mol. The Morgan fingerprint density at radius 3 is 2.76 bits per heavy atom. The van der Waals surface area contributed by atoms with E-state index in [4.69, 9.17) is 4.74 Å². The zero-order valence-electron chi connectivity index (χ0n) is 13.8. The molecule has 0 saturated carbocycles. The summed E-state index contributed by atoms with van der Waals surface area (Å²) in [6.45, 7) is 9.56. The van der Waals surface area contributed by atoms with Gasteiger partial charge >= 0.3 is 0 Å². The fraction of sp³-hybridized carbons (Fsp3) is 0.933. The van der Waals surface area contributed by atoms with Gasteiger partial charge in [0.1, 0.15) is 0 Å². The van der Waals surface area contributed by atoms with E-state index in [9.17, 15) is 5.11 Å². The van der Waals surface area contributed by atoms with Crippen LogP contribution in [0, 0.1) is 0 Å². The number of hydrogen-bond acceptors (Lipinski definition) is 4. The van der Waals surface area contributed by atoms with Crippen LogP contribution in [0.1, 0.15) is 33.1 Å². The predicted molar refractivity (Wildman–Crippen MR) is 86.8 cm³/mol. The summed E-state index contributed by atoms with van der Waals surface area (Å²) in [5.41, 5.74) is 0. The van der Waals surface area contributed by atoms with Crippen LogP contribution in [0.4, 0.5) is 0 Å². The summed E-state index contributed by atoms with van der Waals surface area (Å²) in [5.74, 6) is 0.858. The number of nitrogens with one attached hydrogen (secondary N) is 2. The van der Waals surface area contributed by atoms with Gasteiger partial charge in [-0.05, 0) is 39.7 Å². The maximum Gasteiger partial charge on any atom is 0.191 e. The first-order valence-electron chi connectivity index (χ1n) is 8.10. The minimum atomic E-state index is -0.0916. The van der Waals surface area contributed by atoms with Crippen molar-refractivity contribution in [1.29, 1.82) is 0 Å². The highest BCUT2D eigenvalue weighted by molar-refractivity contribution is 5.80. The second-order valence-electron chi connectivity index (χ2n) is 5.69. The molecule has 6 heteroatoms. The molecular formula is C15H32N4O2. The van der Waals surface area contributed by atoms with Crippen molar-refractivity contribution in [2.45, 2.75) is 45.3 Å². The molecule has 3 N–H and O–H groups in total. The number of aliphatic hydroxyl groups is 1. The number of aliphatic hydroxyl groups excluding tert-OH is 1. The van der Waals surface area contributed by atoms with Gasteiger partial charge in [0.2, 0.25) is 0 Å². The molecule has 1 rings (SSSR count). The van der Waals surface area contributed by atoms with Gasteiger partial charge in [-0.3, -0.25) is 4.99 Å². The third kappa shape index (κ3) is 8.24. The average Bonchev–Trinajstić information content (AvgIpc) is 2.46. The van der Waals surface area contributed by atoms with E-state index in [1.807, 2.05) is 0 Å². The van der Waals surface area contributed by atoms with E-state index in [0.717, 1.165) is 57.9 Å². The van der Waals surface area contributed by atoms with Crippen molar-refractivity contribution in [3.63, 3.8) is 0 Å². The number of aliphatic imine (C=N–C) groups is 1. The highest BCUT2D eigenvalue weighted by atomic mass is 16.5. The Balaban J connectivity index is 2.23. The van der Waals surface area contributed by atoms with Crippen LogP contribution in [0.5, 0.6) is 0 Å². The largest absolute Gasteiger partial charge is 0.393 e. The van der Waals surface area contributed by atoms with Crippen LogP contribution in [0.15, 0.2) is 4.99 Å². The summed E-state index contributed by atoms with van der Waals surface area (Å²) in [6, 6.07) is 0.247. The van der Waals surface area contributed by atoms with Gasteiger partial charge in [0.25, 0.3) is 0 Å². The second kappa shape index (κ2) is 10.8. The van der Waals surface area contributed by atoms with Gasteiger partial charge < -0.3 is 25.4 Å². The van der Waals surface area contributed by atoms with Crippen LogP contribution in [0.25, 0.3) is 0 Å². The molecule has 124 valence electrons. The molecule has 1 aliphatic heterocycles. The summed E-state index contributed by atoms with van der Waals surface area (Å²) in [4.78, 5) is 7.01. The second-order valence-corrected chi connectivity index (χ2v) is 5.69. The van der Waals surface area contributed by atoms with Gasteiger partial charge in [0, 0.05) is 39.3 Å². The molecule has 0 radical (unpaired) electrons. The fourth-order valence-electron chi connectivity index (χ4n) is 2.47. The number of ether oxygens (including phenoxy) is 1. The van der Waals surface area contributed by atoms with Crippen molar-refractivity contribution in [3.8, 4) is 0 Å². The van der Waals surface area contributed by atoms with Crippen LogP contribution in [0.3, 0.4) is 0 Å². The smallest absolute Gasteiger partial charge is 0.191 e. The number of methoxy groups -OCH3 is 1. The Morgan fingerprint density at radius 1 is 1.43 bits per heavy atom. The summed E-state index contributed by atoms with van der Waals surface area (Å²) in [6.07, 6.45) is 2.76. The third-order valence-electron chi connectivity index (χ3n) is 3.60. The van der Waals surface area contributed by atoms with E-state index in [2.05, 4.69) is 34.4 Å². The summed E-state index contributed by atoms with van der Waals surface area (Å²) in [5, 5.41) is 16.1. The molecule has 0 aliphatic carbocycles. The van der Waals surface area contributed by atoms with Crippen LogP contribution in [-0.4, -0.2) is 74.6 Å². The molecule has 0 bridgehead atoms. The molecule has 1 heterocycles. The van der Waals surface area contributed by atoms with Crippen molar-refractivity contribution >= 4 is 5.96 Å². The molecule has 21 heavy (non-hydrogen) atoms. The first-order chi connectivity index (χ1) is 10.2. The minimum Gasteiger partial charge on any atom is -0.393 e. The van der Waals surface area contributed by atoms with Crippen LogP contribution >= 0.6 is 0 Å². The number of rotatable bonds is 8. The van der Waals surface area contributed by atoms with E-state index in [0.29, 0.717) is 6.61 Å². The van der Waals surface area contributed by atoms with Crippen LogP contribution < -0.4 is 10.6 Å². The zero-order chi connectivity index (χ0) is 15.5. The number of guanidine groups is 1. The number of nitrogens with zero attached hydrogens (tertiary/aromatic N) is 2. The maximum absolute atomic E-state index is 9.48. The molecule has 0 amide bonds. The Morgan fingerprint density at radius 2 is 2.14 bits per heavy atom. The number of hydrogen-bond donors (Lipinski definition) is 3. The van der Waals surface area contributed by atoms with Gasteiger partial charge in [-0.2, -0.15) is 0 Å². The first kappa shape index (κ1) is 18.2. The molecule has 1 fully saturated rings. The maximum atomic E-state index is 9.48. The summed E-state index contributed by atoms with van der Waals surface area (Å²) < 4.78 is 5.12. The van der Waals surface area contributed by atoms with E-state index in [-0.39, 0.29) is 12.1 Å². The Kier molecular flexibility index (Phi) is 9.37. The highest BCUT2D eigenvalue weighted by Crippen LogP contribution is 2.09. The van der Waals surface area contributed by atoms with Gasteiger partial charge in [0.15, 0.2) is 5.96 Å². The van der Waals surface area contributed by atoms with Gasteiger partial charge in [-0.25, -0.2) is 0 Å². The lowest BCUT2D eigenvalue weighted by atomic mass is 10.1. The molecule has 1 atom stereocenters. The van der Waals surface area contributed by atoms with Crippen LogP contribution in [-0.2, 0) is 4.74 Å². The van der Waals surface area contributed by atoms with Crippen molar-refractivity contribution in [2.75, 3.05) is 46.4 Å². The van der Waals surface area contributed by atoms with E-state index >= 15 is 0 Å². The number of piperidine rings is 1. The Labute approximate surface area is 129 Å². The van der Waals surface area contributed by atoms with E-state index in [1.54, 1.807) is 7.11 Å². The highest BCUT2D eigenvalue weighted by Gasteiger charge is 2.15. The molecule has 6 nitrogen and oxygen atoms in total. The van der Waals surface area contributed by atoms with E-state index < -0.39 is 0 Å². The predicted octanol–water partition coefficient (Wildman–Crippen LogP) is 0.423. The standard InChI is InChI=1S/C15H32N4O2/c1-4-16-15(18-13(2)12-21-3)17-8-5-9-19-10-6-14(20)7-11-19/h13-14,20H,4-12H2,1-3H3,(H2,16,17,18). The van der Waals surface area contributed by atoms with Gasteiger partial charge in [-0.1, -0.05) is 0 Å². The van der Waals surface area contributed by atoms with E-state index in [1.165, 1.54) is 0 Å². The SMILES string of the molecule is CCNC(=NCCCN1CCC(O)CC1)NC(C)COC. The quantitative estimate of drug-likeness (QED) is 0.344. The normalized spacial score (nSPS) is 19.5. The molecule has 1 unspecified atom stereocenters. The molecule has 1 saturated heterocycles. The topological polar surface area (TPSA) is 69.1 Å². The van der Waals surface area contributed by atoms with Crippen molar-refractivity contribution in [1.82, 2.24) is 15.5 Å². The van der Waals surface area contributed by atoms with Crippen molar-refractivity contribution in [2.24, 2.45) is 4.99 Å². The fourth-order valence-corrected chi connectivity index (χ4v) is 2.47. The zero-order valence-corrected chi connectivity index (χ0v) is 13.8. The summed E-state index contributed by atoms with van der Waals surface area (Å²) >= 11 is 0. The van der Waals surface area contributed by atoms with Gasteiger partial charge in [0.05, 0.1) is 12.7 Å². The monoisotopic (exact) mass is 300 g/mol. The van der Waals surface area contributed by atoms with Crippen molar-refractivity contribution in [3.05, 3.63) is 0 Å². The average molecular weight is 300 g/mol. The lowest BCUT2D eigenvalue weighted by Gasteiger charge is -2.29. The minimum absolute atomic E-state index is 0.0916. The van der Waals surface area contributed by atoms with Crippen molar-refractivity contribution < 1.29 is 9.84 Å². The Bertz CT molecular complexity index is 291.